The van der Waals surface area contributed by atoms with Crippen LogP contribution in [-0.4, -0.2) is 9.91 Å². The number of rotatable bonds is 3. The van der Waals surface area contributed by atoms with Crippen molar-refractivity contribution in [1.82, 2.24) is 4.98 Å². The molecule has 0 saturated heterocycles. The van der Waals surface area contributed by atoms with Gasteiger partial charge in [0.25, 0.3) is 5.69 Å². The van der Waals surface area contributed by atoms with Gasteiger partial charge in [-0.05, 0) is 24.3 Å². The molecular formula is C12H6ClF3N2O2S. The fraction of sp³-hybridized carbons (Fsp3) is 0.0833. The van der Waals surface area contributed by atoms with E-state index in [2.05, 4.69) is 4.98 Å². The van der Waals surface area contributed by atoms with Crippen molar-refractivity contribution in [3.8, 4) is 0 Å². The molecule has 0 spiro atoms. The van der Waals surface area contributed by atoms with Crippen LogP contribution in [0.15, 0.2) is 46.3 Å². The minimum Gasteiger partial charge on any atom is -0.258 e. The SMILES string of the molecule is O=[N+]([O-])c1ccc(Sc2cc(C(F)(F)F)cc(Cl)n2)cc1. The van der Waals surface area contributed by atoms with E-state index >= 15 is 0 Å². The number of non-ortho nitro benzene ring substituents is 1. The van der Waals surface area contributed by atoms with Gasteiger partial charge >= 0.3 is 6.18 Å². The van der Waals surface area contributed by atoms with Crippen LogP contribution in [0.5, 0.6) is 0 Å². The Labute approximate surface area is 126 Å². The van der Waals surface area contributed by atoms with E-state index in [1.165, 1.54) is 24.3 Å². The third-order valence-corrected chi connectivity index (χ3v) is 3.49. The maximum Gasteiger partial charge on any atom is 0.416 e. The Hall–Kier alpha value is -1.80. The third kappa shape index (κ3) is 4.08. The normalized spacial score (nSPS) is 11.4. The summed E-state index contributed by atoms with van der Waals surface area (Å²) in [5, 5.41) is 10.3. The van der Waals surface area contributed by atoms with E-state index in [0.717, 1.165) is 23.9 Å². The molecule has 4 nitrogen and oxygen atoms in total. The van der Waals surface area contributed by atoms with Gasteiger partial charge < -0.3 is 0 Å². The zero-order valence-corrected chi connectivity index (χ0v) is 11.7. The smallest absolute Gasteiger partial charge is 0.258 e. The molecule has 0 aliphatic heterocycles. The average molecular weight is 335 g/mol. The second-order valence-electron chi connectivity index (χ2n) is 3.87. The lowest BCUT2D eigenvalue weighted by molar-refractivity contribution is -0.384. The van der Waals surface area contributed by atoms with E-state index < -0.39 is 16.7 Å². The minimum absolute atomic E-state index is 0.0590. The fourth-order valence-electron chi connectivity index (χ4n) is 1.45. The van der Waals surface area contributed by atoms with Crippen molar-refractivity contribution in [2.75, 3.05) is 0 Å². The zero-order valence-electron chi connectivity index (χ0n) is 10.1. The van der Waals surface area contributed by atoms with Crippen LogP contribution in [0.2, 0.25) is 5.15 Å². The van der Waals surface area contributed by atoms with Crippen LogP contribution < -0.4 is 0 Å². The molecule has 0 bridgehead atoms. The summed E-state index contributed by atoms with van der Waals surface area (Å²) in [5.41, 5.74) is -0.999. The van der Waals surface area contributed by atoms with Gasteiger partial charge in [-0.2, -0.15) is 13.2 Å². The highest BCUT2D eigenvalue weighted by molar-refractivity contribution is 7.99. The van der Waals surface area contributed by atoms with Crippen molar-refractivity contribution in [2.24, 2.45) is 0 Å². The molecule has 1 aromatic heterocycles. The number of alkyl halides is 3. The van der Waals surface area contributed by atoms with Crippen LogP contribution in [0.3, 0.4) is 0 Å². The molecule has 1 aromatic carbocycles. The number of halogens is 4. The Kier molecular flexibility index (Phi) is 4.38. The molecule has 0 N–H and O–H groups in total. The van der Waals surface area contributed by atoms with Crippen molar-refractivity contribution >= 4 is 29.1 Å². The summed E-state index contributed by atoms with van der Waals surface area (Å²) in [6.45, 7) is 0. The Morgan fingerprint density at radius 3 is 2.33 bits per heavy atom. The molecule has 110 valence electrons. The van der Waals surface area contributed by atoms with E-state index in [-0.39, 0.29) is 15.9 Å². The summed E-state index contributed by atoms with van der Waals surface area (Å²) >= 11 is 6.51. The first-order valence-corrected chi connectivity index (χ1v) is 6.62. The molecule has 0 amide bonds. The Morgan fingerprint density at radius 1 is 1.19 bits per heavy atom. The summed E-state index contributed by atoms with van der Waals surface area (Å²) in [6, 6.07) is 6.99. The Bertz CT molecular complexity index is 677. The second-order valence-corrected chi connectivity index (χ2v) is 5.35. The largest absolute Gasteiger partial charge is 0.416 e. The first-order valence-electron chi connectivity index (χ1n) is 5.43. The van der Waals surface area contributed by atoms with Gasteiger partial charge in [-0.25, -0.2) is 4.98 Å². The summed E-state index contributed by atoms with van der Waals surface area (Å²) in [4.78, 5) is 14.3. The lowest BCUT2D eigenvalue weighted by Crippen LogP contribution is -2.05. The highest BCUT2D eigenvalue weighted by Gasteiger charge is 2.31. The Balaban J connectivity index is 2.27. The van der Waals surface area contributed by atoms with Gasteiger partial charge in [-0.1, -0.05) is 23.4 Å². The van der Waals surface area contributed by atoms with E-state index in [0.29, 0.717) is 4.90 Å². The van der Waals surface area contributed by atoms with Crippen molar-refractivity contribution in [3.63, 3.8) is 0 Å². The predicted molar refractivity (Wildman–Crippen MR) is 71.5 cm³/mol. The van der Waals surface area contributed by atoms with Crippen LogP contribution in [-0.2, 0) is 6.18 Å². The molecule has 0 saturated carbocycles. The van der Waals surface area contributed by atoms with Crippen molar-refractivity contribution in [2.45, 2.75) is 16.1 Å². The fourth-order valence-corrected chi connectivity index (χ4v) is 2.55. The summed E-state index contributed by atoms with van der Waals surface area (Å²) in [6.07, 6.45) is -4.52. The minimum atomic E-state index is -4.52. The van der Waals surface area contributed by atoms with Crippen molar-refractivity contribution in [3.05, 3.63) is 57.2 Å². The van der Waals surface area contributed by atoms with Gasteiger partial charge in [0.2, 0.25) is 0 Å². The van der Waals surface area contributed by atoms with Gasteiger partial charge in [-0.3, -0.25) is 10.1 Å². The number of nitro benzene ring substituents is 1. The molecule has 21 heavy (non-hydrogen) atoms. The summed E-state index contributed by atoms with van der Waals surface area (Å²) in [5.74, 6) is 0. The molecule has 0 unspecified atom stereocenters. The highest BCUT2D eigenvalue weighted by atomic mass is 35.5. The van der Waals surface area contributed by atoms with Gasteiger partial charge in [0, 0.05) is 17.0 Å². The van der Waals surface area contributed by atoms with E-state index in [9.17, 15) is 23.3 Å². The molecular weight excluding hydrogens is 329 g/mol. The number of nitro groups is 1. The van der Waals surface area contributed by atoms with Crippen LogP contribution in [0.1, 0.15) is 5.56 Å². The van der Waals surface area contributed by atoms with Crippen LogP contribution >= 0.6 is 23.4 Å². The quantitative estimate of drug-likeness (QED) is 0.459. The van der Waals surface area contributed by atoms with Crippen molar-refractivity contribution in [1.29, 1.82) is 0 Å². The third-order valence-electron chi connectivity index (χ3n) is 2.37. The lowest BCUT2D eigenvalue weighted by atomic mass is 10.3. The van der Waals surface area contributed by atoms with Gasteiger partial charge in [0.1, 0.15) is 10.2 Å². The van der Waals surface area contributed by atoms with E-state index in [1.807, 2.05) is 0 Å². The van der Waals surface area contributed by atoms with Crippen LogP contribution in [0, 0.1) is 10.1 Å². The molecule has 2 rings (SSSR count). The number of hydrogen-bond acceptors (Lipinski definition) is 4. The molecule has 0 aliphatic carbocycles. The van der Waals surface area contributed by atoms with Gasteiger partial charge in [0.15, 0.2) is 0 Å². The summed E-state index contributed by atoms with van der Waals surface area (Å²) in [7, 11) is 0. The van der Waals surface area contributed by atoms with Crippen LogP contribution in [0.25, 0.3) is 0 Å². The number of pyridine rings is 1. The molecule has 1 heterocycles. The average Bonchev–Trinajstić information content (AvgIpc) is 2.37. The lowest BCUT2D eigenvalue weighted by Gasteiger charge is -2.08. The number of benzene rings is 1. The van der Waals surface area contributed by atoms with Gasteiger partial charge in [0.05, 0.1) is 10.5 Å². The molecule has 0 radical (unpaired) electrons. The highest BCUT2D eigenvalue weighted by Crippen LogP contribution is 2.35. The molecule has 2 aromatic rings. The van der Waals surface area contributed by atoms with Gasteiger partial charge in [-0.15, -0.1) is 0 Å². The van der Waals surface area contributed by atoms with E-state index in [4.69, 9.17) is 11.6 Å². The topological polar surface area (TPSA) is 56.0 Å². The van der Waals surface area contributed by atoms with Crippen LogP contribution in [0.4, 0.5) is 18.9 Å². The zero-order chi connectivity index (χ0) is 15.6. The molecule has 0 atom stereocenters. The summed E-state index contributed by atoms with van der Waals surface area (Å²) < 4.78 is 38.0. The maximum atomic E-state index is 12.7. The number of aromatic nitrogens is 1. The van der Waals surface area contributed by atoms with Crippen molar-refractivity contribution < 1.29 is 18.1 Å². The first kappa shape index (κ1) is 15.6. The molecule has 0 aliphatic rings. The monoisotopic (exact) mass is 334 g/mol. The number of nitrogens with zero attached hydrogens (tertiary/aromatic N) is 2. The molecule has 9 heteroatoms. The standard InChI is InChI=1S/C12H6ClF3N2O2S/c13-10-5-7(12(14,15)16)6-11(17-10)21-9-3-1-8(2-4-9)18(19)20/h1-6H. The first-order chi connectivity index (χ1) is 9.75. The molecule has 0 fully saturated rings. The second kappa shape index (κ2) is 5.90. The Morgan fingerprint density at radius 2 is 1.81 bits per heavy atom. The van der Waals surface area contributed by atoms with E-state index in [1.54, 1.807) is 0 Å². The maximum absolute atomic E-state index is 12.7. The number of hydrogen-bond donors (Lipinski definition) is 0. The predicted octanol–water partition coefficient (Wildman–Crippen LogP) is 4.81.